The molecule has 0 aliphatic carbocycles. The Labute approximate surface area is 180 Å². The van der Waals surface area contributed by atoms with Crippen molar-refractivity contribution >= 4 is 35.8 Å². The van der Waals surface area contributed by atoms with Gasteiger partial charge in [-0.25, -0.2) is 9.40 Å². The fourth-order valence-electron chi connectivity index (χ4n) is 2.85. The fourth-order valence-corrected chi connectivity index (χ4v) is 3.14. The Morgan fingerprint density at radius 3 is 2.69 bits per heavy atom. The second-order valence-corrected chi connectivity index (χ2v) is 7.11. The van der Waals surface area contributed by atoms with Crippen LogP contribution in [0.5, 0.6) is 0 Å². The van der Waals surface area contributed by atoms with Crippen molar-refractivity contribution in [1.29, 1.82) is 0 Å². The van der Waals surface area contributed by atoms with Crippen molar-refractivity contribution in [3.8, 4) is 0 Å². The predicted molar refractivity (Wildman–Crippen MR) is 117 cm³/mol. The topological polar surface area (TPSA) is 47.9 Å². The number of nitrogens with one attached hydrogen (secondary N) is 1. The van der Waals surface area contributed by atoms with Crippen LogP contribution in [0.1, 0.15) is 13.3 Å². The maximum atomic E-state index is 12.2. The van der Waals surface area contributed by atoms with E-state index < -0.39 is 0 Å². The first kappa shape index (κ1) is 22.7. The van der Waals surface area contributed by atoms with Crippen LogP contribution in [0.4, 0.5) is 4.39 Å². The highest BCUT2D eigenvalue weighted by Crippen LogP contribution is 2.21. The standard InChI is InChI=1S/C15H20N4O.C6H3Cl2F/c1-4-14-7-6-12(11-19(14)16-3)17-13-8-9-18(10-13)15(20)5-2;7-5-2-1-4(9)3-6(5)8/h4-7,11,13,17H,2-3,8-10H2,1H3;1-3H/b14-4-;. The molecule has 1 aromatic rings. The minimum Gasteiger partial charge on any atom is -0.379 e. The molecule has 2 aliphatic heterocycles. The Hall–Kier alpha value is -2.57. The molecule has 1 amide bonds. The van der Waals surface area contributed by atoms with E-state index in [9.17, 15) is 9.18 Å². The normalized spacial score (nSPS) is 19.4. The van der Waals surface area contributed by atoms with E-state index in [4.69, 9.17) is 23.2 Å². The number of amides is 1. The van der Waals surface area contributed by atoms with Gasteiger partial charge in [-0.1, -0.05) is 35.9 Å². The van der Waals surface area contributed by atoms with E-state index in [-0.39, 0.29) is 22.8 Å². The summed E-state index contributed by atoms with van der Waals surface area (Å²) in [7, 11) is 0. The van der Waals surface area contributed by atoms with Crippen LogP contribution < -0.4 is 5.32 Å². The Kier molecular flexibility index (Phi) is 8.49. The van der Waals surface area contributed by atoms with Crippen LogP contribution in [-0.2, 0) is 4.79 Å². The van der Waals surface area contributed by atoms with Gasteiger partial charge in [0.05, 0.1) is 27.6 Å². The monoisotopic (exact) mass is 436 g/mol. The number of allylic oxidation sites excluding steroid dienone is 3. The van der Waals surface area contributed by atoms with Crippen LogP contribution in [-0.4, -0.2) is 41.7 Å². The third kappa shape index (κ3) is 6.48. The summed E-state index contributed by atoms with van der Waals surface area (Å²) in [6, 6.07) is 4.10. The van der Waals surface area contributed by atoms with Gasteiger partial charge in [-0.3, -0.25) is 4.79 Å². The predicted octanol–water partition coefficient (Wildman–Crippen LogP) is 4.73. The minimum absolute atomic E-state index is 0.00643. The van der Waals surface area contributed by atoms with Crippen LogP contribution in [0.15, 0.2) is 71.8 Å². The summed E-state index contributed by atoms with van der Waals surface area (Å²) < 4.78 is 12.2. The number of rotatable bonds is 4. The van der Waals surface area contributed by atoms with Crippen molar-refractivity contribution in [2.45, 2.75) is 19.4 Å². The lowest BCUT2D eigenvalue weighted by atomic mass is 10.2. The number of carbonyl (C=O) groups is 1. The van der Waals surface area contributed by atoms with Gasteiger partial charge in [-0.15, -0.1) is 0 Å². The lowest BCUT2D eigenvalue weighted by molar-refractivity contribution is -0.125. The highest BCUT2D eigenvalue weighted by Gasteiger charge is 2.25. The zero-order valence-electron chi connectivity index (χ0n) is 16.1. The maximum Gasteiger partial charge on any atom is 0.246 e. The summed E-state index contributed by atoms with van der Waals surface area (Å²) in [4.78, 5) is 13.3. The third-order valence-electron chi connectivity index (χ3n) is 4.33. The Morgan fingerprint density at radius 2 is 2.10 bits per heavy atom. The summed E-state index contributed by atoms with van der Waals surface area (Å²) in [6.45, 7) is 10.5. The molecule has 1 atom stereocenters. The van der Waals surface area contributed by atoms with Crippen molar-refractivity contribution < 1.29 is 9.18 Å². The second-order valence-electron chi connectivity index (χ2n) is 6.29. The van der Waals surface area contributed by atoms with Gasteiger partial charge in [-0.05, 0) is 49.8 Å². The first-order valence-electron chi connectivity index (χ1n) is 8.98. The first-order chi connectivity index (χ1) is 13.9. The zero-order valence-corrected chi connectivity index (χ0v) is 17.6. The van der Waals surface area contributed by atoms with Crippen LogP contribution in [0.2, 0.25) is 10.0 Å². The number of halogens is 3. The van der Waals surface area contributed by atoms with Gasteiger partial charge in [-0.2, -0.15) is 5.10 Å². The van der Waals surface area contributed by atoms with Gasteiger partial charge in [0, 0.05) is 25.8 Å². The molecule has 2 aliphatic rings. The second kappa shape index (κ2) is 10.8. The van der Waals surface area contributed by atoms with Crippen molar-refractivity contribution in [2.24, 2.45) is 5.10 Å². The fraction of sp³-hybridized carbons (Fsp3) is 0.238. The molecule has 154 valence electrons. The molecular formula is C21H23Cl2FN4O. The van der Waals surface area contributed by atoms with E-state index in [1.807, 2.05) is 31.4 Å². The van der Waals surface area contributed by atoms with Crippen LogP contribution in [0, 0.1) is 5.82 Å². The average molecular weight is 437 g/mol. The molecule has 1 saturated heterocycles. The molecule has 3 rings (SSSR count). The summed E-state index contributed by atoms with van der Waals surface area (Å²) in [5.41, 5.74) is 1.96. The molecule has 8 heteroatoms. The van der Waals surface area contributed by atoms with Crippen LogP contribution in [0.25, 0.3) is 0 Å². The van der Waals surface area contributed by atoms with E-state index in [1.165, 1.54) is 24.3 Å². The smallest absolute Gasteiger partial charge is 0.246 e. The summed E-state index contributed by atoms with van der Waals surface area (Å²) in [5.74, 6) is -0.377. The zero-order chi connectivity index (χ0) is 21.4. The molecule has 0 saturated carbocycles. The van der Waals surface area contributed by atoms with Crippen molar-refractivity contribution in [1.82, 2.24) is 15.2 Å². The molecule has 0 radical (unpaired) electrons. The van der Waals surface area contributed by atoms with Gasteiger partial charge in [0.1, 0.15) is 5.82 Å². The quantitative estimate of drug-likeness (QED) is 0.421. The highest BCUT2D eigenvalue weighted by atomic mass is 35.5. The molecular weight excluding hydrogens is 414 g/mol. The number of nitrogens with zero attached hydrogens (tertiary/aromatic N) is 3. The van der Waals surface area contributed by atoms with E-state index >= 15 is 0 Å². The molecule has 0 spiro atoms. The molecule has 5 nitrogen and oxygen atoms in total. The van der Waals surface area contributed by atoms with Crippen molar-refractivity contribution in [2.75, 3.05) is 13.1 Å². The van der Waals surface area contributed by atoms with Gasteiger partial charge in [0.25, 0.3) is 0 Å². The lowest BCUT2D eigenvalue weighted by Gasteiger charge is -2.23. The third-order valence-corrected chi connectivity index (χ3v) is 5.07. The number of hydrazone groups is 1. The van der Waals surface area contributed by atoms with E-state index in [1.54, 1.807) is 9.91 Å². The Morgan fingerprint density at radius 1 is 1.34 bits per heavy atom. The molecule has 2 heterocycles. The van der Waals surface area contributed by atoms with Gasteiger partial charge >= 0.3 is 0 Å². The van der Waals surface area contributed by atoms with Crippen LogP contribution in [0.3, 0.4) is 0 Å². The number of hydrogen-bond donors (Lipinski definition) is 1. The lowest BCUT2D eigenvalue weighted by Crippen LogP contribution is -2.34. The van der Waals surface area contributed by atoms with Gasteiger partial charge in [0.15, 0.2) is 0 Å². The molecule has 1 fully saturated rings. The number of likely N-dealkylation sites (tertiary alicyclic amines) is 1. The van der Waals surface area contributed by atoms with E-state index in [2.05, 4.69) is 23.7 Å². The molecule has 1 aromatic carbocycles. The van der Waals surface area contributed by atoms with Crippen molar-refractivity contribution in [3.63, 3.8) is 0 Å². The number of benzene rings is 1. The SMILES string of the molecule is C=CC(=O)N1CCC(NC2=CN(N=C)/C(=C\C)C=C2)C1.Fc1ccc(Cl)c(Cl)c1. The number of hydrogen-bond acceptors (Lipinski definition) is 4. The Bertz CT molecular complexity index is 866. The first-order valence-corrected chi connectivity index (χ1v) is 9.74. The van der Waals surface area contributed by atoms with Crippen molar-refractivity contribution in [3.05, 3.63) is 82.5 Å². The van der Waals surface area contributed by atoms with E-state index in [0.717, 1.165) is 24.4 Å². The summed E-state index contributed by atoms with van der Waals surface area (Å²) in [6.07, 6.45) is 10.2. The molecule has 29 heavy (non-hydrogen) atoms. The summed E-state index contributed by atoms with van der Waals surface area (Å²) >= 11 is 10.9. The minimum atomic E-state index is -0.371. The van der Waals surface area contributed by atoms with Gasteiger partial charge in [0.2, 0.25) is 5.91 Å². The average Bonchev–Trinajstić information content (AvgIpc) is 3.19. The highest BCUT2D eigenvalue weighted by molar-refractivity contribution is 6.41. The van der Waals surface area contributed by atoms with Gasteiger partial charge < -0.3 is 10.2 Å². The molecule has 1 N–H and O–H groups in total. The maximum absolute atomic E-state index is 12.2. The molecule has 0 bridgehead atoms. The Balaban J connectivity index is 0.000000278. The number of carbonyl (C=O) groups excluding carboxylic acids is 1. The van der Waals surface area contributed by atoms with Crippen LogP contribution >= 0.6 is 23.2 Å². The summed E-state index contributed by atoms with van der Waals surface area (Å²) in [5, 5.41) is 9.72. The molecule has 0 aromatic heterocycles. The molecule has 1 unspecified atom stereocenters. The van der Waals surface area contributed by atoms with E-state index in [0.29, 0.717) is 11.6 Å². The largest absolute Gasteiger partial charge is 0.379 e.